The molecular formula is C15H28N2O4S. The Labute approximate surface area is 133 Å². The lowest BCUT2D eigenvalue weighted by Crippen LogP contribution is -2.47. The number of ether oxygens (including phenoxy) is 1. The van der Waals surface area contributed by atoms with Crippen molar-refractivity contribution in [3.63, 3.8) is 0 Å². The largest absolute Gasteiger partial charge is 0.372 e. The van der Waals surface area contributed by atoms with E-state index >= 15 is 0 Å². The molecule has 2 saturated heterocycles. The zero-order valence-electron chi connectivity index (χ0n) is 13.5. The van der Waals surface area contributed by atoms with Crippen LogP contribution < -0.4 is 0 Å². The van der Waals surface area contributed by atoms with Gasteiger partial charge in [0.25, 0.3) is 0 Å². The van der Waals surface area contributed by atoms with Crippen molar-refractivity contribution >= 4 is 15.9 Å². The summed E-state index contributed by atoms with van der Waals surface area (Å²) in [4.78, 5) is 13.8. The van der Waals surface area contributed by atoms with E-state index in [1.807, 2.05) is 0 Å². The number of hydrogen-bond acceptors (Lipinski definition) is 4. The van der Waals surface area contributed by atoms with Crippen LogP contribution in [0.5, 0.6) is 0 Å². The molecule has 0 aromatic heterocycles. The van der Waals surface area contributed by atoms with Gasteiger partial charge in [-0.05, 0) is 32.1 Å². The number of likely N-dealkylation sites (tertiary alicyclic amines) is 1. The highest BCUT2D eigenvalue weighted by molar-refractivity contribution is 7.89. The highest BCUT2D eigenvalue weighted by Gasteiger charge is 2.36. The summed E-state index contributed by atoms with van der Waals surface area (Å²) >= 11 is 0. The second kappa shape index (κ2) is 8.26. The third-order valence-electron chi connectivity index (χ3n) is 4.51. The second-order valence-corrected chi connectivity index (χ2v) is 8.35. The van der Waals surface area contributed by atoms with Gasteiger partial charge in [0.15, 0.2) is 0 Å². The van der Waals surface area contributed by atoms with Gasteiger partial charge in [-0.1, -0.05) is 13.3 Å². The molecule has 128 valence electrons. The number of piperidine rings is 1. The van der Waals surface area contributed by atoms with Crippen LogP contribution in [0.3, 0.4) is 0 Å². The van der Waals surface area contributed by atoms with Crippen molar-refractivity contribution in [3.8, 4) is 0 Å². The molecule has 0 unspecified atom stereocenters. The third kappa shape index (κ3) is 4.43. The maximum atomic E-state index is 12.5. The number of amides is 1. The summed E-state index contributed by atoms with van der Waals surface area (Å²) in [7, 11) is -3.17. The molecule has 0 N–H and O–H groups in total. The van der Waals surface area contributed by atoms with E-state index in [0.29, 0.717) is 45.6 Å². The Hall–Kier alpha value is -0.660. The van der Waals surface area contributed by atoms with Crippen molar-refractivity contribution in [2.75, 3.05) is 39.4 Å². The topological polar surface area (TPSA) is 66.9 Å². The minimum absolute atomic E-state index is 0.0203. The Morgan fingerprint density at radius 1 is 1.14 bits per heavy atom. The molecule has 2 rings (SSSR count). The van der Waals surface area contributed by atoms with Crippen LogP contribution in [-0.2, 0) is 19.6 Å². The number of unbranched alkanes of at least 4 members (excludes halogenated alkanes) is 1. The van der Waals surface area contributed by atoms with Gasteiger partial charge < -0.3 is 9.64 Å². The van der Waals surface area contributed by atoms with Gasteiger partial charge in [0, 0.05) is 32.8 Å². The Morgan fingerprint density at radius 3 is 2.36 bits per heavy atom. The molecule has 2 aliphatic rings. The number of carbonyl (C=O) groups excluding carboxylic acids is 1. The molecule has 7 heteroatoms. The van der Waals surface area contributed by atoms with Crippen molar-refractivity contribution in [3.05, 3.63) is 0 Å². The standard InChI is InChI=1S/C15H28N2O4S/c1-2-3-12-21-13-15(18)16-10-6-14(7-11-16)22(19,20)17-8-4-5-9-17/h14H,2-13H2,1H3. The Balaban J connectivity index is 1.76. The van der Waals surface area contributed by atoms with E-state index < -0.39 is 10.0 Å². The second-order valence-electron chi connectivity index (χ2n) is 6.14. The molecule has 0 spiro atoms. The number of sulfonamides is 1. The third-order valence-corrected chi connectivity index (χ3v) is 6.91. The molecule has 0 aliphatic carbocycles. The van der Waals surface area contributed by atoms with Gasteiger partial charge in [0.05, 0.1) is 5.25 Å². The Bertz CT molecular complexity index is 452. The molecule has 0 saturated carbocycles. The monoisotopic (exact) mass is 332 g/mol. The van der Waals surface area contributed by atoms with E-state index in [-0.39, 0.29) is 17.8 Å². The van der Waals surface area contributed by atoms with Gasteiger partial charge in [-0.15, -0.1) is 0 Å². The Kier molecular flexibility index (Phi) is 6.65. The lowest BCUT2D eigenvalue weighted by atomic mass is 10.1. The minimum Gasteiger partial charge on any atom is -0.372 e. The van der Waals surface area contributed by atoms with Gasteiger partial charge in [-0.2, -0.15) is 0 Å². The molecule has 2 fully saturated rings. The van der Waals surface area contributed by atoms with Crippen LogP contribution in [0.2, 0.25) is 0 Å². The predicted molar refractivity (Wildman–Crippen MR) is 85.1 cm³/mol. The van der Waals surface area contributed by atoms with Gasteiger partial charge >= 0.3 is 0 Å². The molecule has 22 heavy (non-hydrogen) atoms. The van der Waals surface area contributed by atoms with Gasteiger partial charge in [-0.25, -0.2) is 12.7 Å². The van der Waals surface area contributed by atoms with E-state index in [0.717, 1.165) is 25.7 Å². The fourth-order valence-corrected chi connectivity index (χ4v) is 5.05. The van der Waals surface area contributed by atoms with Crippen LogP contribution in [0.15, 0.2) is 0 Å². The van der Waals surface area contributed by atoms with Crippen LogP contribution in [-0.4, -0.2) is 68.2 Å². The number of carbonyl (C=O) groups is 1. The SMILES string of the molecule is CCCCOCC(=O)N1CCC(S(=O)(=O)N2CCCC2)CC1. The minimum atomic E-state index is -3.17. The highest BCUT2D eigenvalue weighted by Crippen LogP contribution is 2.24. The van der Waals surface area contributed by atoms with Gasteiger partial charge in [0.1, 0.15) is 6.61 Å². The predicted octanol–water partition coefficient (Wildman–Crippen LogP) is 1.22. The fraction of sp³-hybridized carbons (Fsp3) is 0.933. The number of nitrogens with zero attached hydrogens (tertiary/aromatic N) is 2. The van der Waals surface area contributed by atoms with Crippen LogP contribution in [0.1, 0.15) is 45.4 Å². The molecule has 0 atom stereocenters. The van der Waals surface area contributed by atoms with Crippen molar-refractivity contribution in [1.82, 2.24) is 9.21 Å². The summed E-state index contributed by atoms with van der Waals surface area (Å²) in [6, 6.07) is 0. The van der Waals surface area contributed by atoms with Crippen LogP contribution in [0.4, 0.5) is 0 Å². The average Bonchev–Trinajstić information content (AvgIpc) is 3.07. The smallest absolute Gasteiger partial charge is 0.248 e. The first-order chi connectivity index (χ1) is 10.6. The molecule has 0 bridgehead atoms. The van der Waals surface area contributed by atoms with E-state index in [9.17, 15) is 13.2 Å². The maximum absolute atomic E-state index is 12.5. The van der Waals surface area contributed by atoms with Crippen LogP contribution >= 0.6 is 0 Å². The number of rotatable bonds is 7. The summed E-state index contributed by atoms with van der Waals surface area (Å²) in [6.45, 7) is 5.17. The maximum Gasteiger partial charge on any atom is 0.248 e. The normalized spacial score (nSPS) is 21.4. The lowest BCUT2D eigenvalue weighted by molar-refractivity contribution is -0.137. The summed E-state index contributed by atoms with van der Waals surface area (Å²) in [5.74, 6) is -0.0203. The van der Waals surface area contributed by atoms with Crippen molar-refractivity contribution < 1.29 is 17.9 Å². The van der Waals surface area contributed by atoms with E-state index in [2.05, 4.69) is 6.92 Å². The summed E-state index contributed by atoms with van der Waals surface area (Å²) in [6.07, 6.45) is 5.02. The summed E-state index contributed by atoms with van der Waals surface area (Å²) in [5, 5.41) is -0.323. The zero-order chi connectivity index (χ0) is 16.0. The first kappa shape index (κ1) is 17.7. The molecule has 0 radical (unpaired) electrons. The van der Waals surface area contributed by atoms with Gasteiger partial charge in [-0.3, -0.25) is 4.79 Å². The highest BCUT2D eigenvalue weighted by atomic mass is 32.2. The fourth-order valence-electron chi connectivity index (χ4n) is 3.05. The van der Waals surface area contributed by atoms with E-state index in [1.54, 1.807) is 9.21 Å². The molecule has 2 heterocycles. The van der Waals surface area contributed by atoms with Crippen molar-refractivity contribution in [2.24, 2.45) is 0 Å². The van der Waals surface area contributed by atoms with Crippen molar-refractivity contribution in [2.45, 2.75) is 50.7 Å². The summed E-state index contributed by atoms with van der Waals surface area (Å²) in [5.41, 5.74) is 0. The molecular weight excluding hydrogens is 304 g/mol. The Morgan fingerprint density at radius 2 is 1.77 bits per heavy atom. The van der Waals surface area contributed by atoms with Crippen LogP contribution in [0.25, 0.3) is 0 Å². The lowest BCUT2D eigenvalue weighted by Gasteiger charge is -2.33. The van der Waals surface area contributed by atoms with Gasteiger partial charge in [0.2, 0.25) is 15.9 Å². The first-order valence-corrected chi connectivity index (χ1v) is 9.90. The van der Waals surface area contributed by atoms with E-state index in [4.69, 9.17) is 4.74 Å². The molecule has 0 aromatic carbocycles. The molecule has 1 amide bonds. The first-order valence-electron chi connectivity index (χ1n) is 8.40. The molecule has 0 aromatic rings. The quantitative estimate of drug-likeness (QED) is 0.658. The number of hydrogen-bond donors (Lipinski definition) is 0. The average molecular weight is 332 g/mol. The van der Waals surface area contributed by atoms with Crippen LogP contribution in [0, 0.1) is 0 Å². The molecule has 6 nitrogen and oxygen atoms in total. The van der Waals surface area contributed by atoms with E-state index in [1.165, 1.54) is 0 Å². The zero-order valence-corrected chi connectivity index (χ0v) is 14.3. The van der Waals surface area contributed by atoms with Crippen molar-refractivity contribution in [1.29, 1.82) is 0 Å². The summed E-state index contributed by atoms with van der Waals surface area (Å²) < 4.78 is 32.0. The molecule has 2 aliphatic heterocycles.